The predicted molar refractivity (Wildman–Crippen MR) is 119 cm³/mol. The average molecular weight is 355 g/mol. The Labute approximate surface area is 164 Å². The van der Waals surface area contributed by atoms with Gasteiger partial charge in [0, 0.05) is 13.9 Å². The lowest BCUT2D eigenvalue weighted by molar-refractivity contribution is -0.124. The quantitative estimate of drug-likeness (QED) is 0.741. The normalized spacial score (nSPS) is 8.77. The highest BCUT2D eigenvalue weighted by Gasteiger charge is 2.04. The fourth-order valence-electron chi connectivity index (χ4n) is 1.80. The molecule has 0 aromatic heterocycles. The van der Waals surface area contributed by atoms with Gasteiger partial charge in [-0.3, -0.25) is 4.79 Å². The molecule has 3 heteroatoms. The first kappa shape index (κ1) is 26.2. The summed E-state index contributed by atoms with van der Waals surface area (Å²) in [7, 11) is 5.53. The molecule has 2 rings (SSSR count). The van der Waals surface area contributed by atoms with E-state index in [1.165, 1.54) is 5.56 Å². The predicted octanol–water partition coefficient (Wildman–Crippen LogP) is 5.30. The average Bonchev–Trinajstić information content (AvgIpc) is 2.70. The van der Waals surface area contributed by atoms with Crippen LogP contribution in [0.25, 0.3) is 0 Å². The smallest absolute Gasteiger partial charge is 0.222 e. The van der Waals surface area contributed by atoms with Crippen LogP contribution in [0.2, 0.25) is 0 Å². The third kappa shape index (κ3) is 13.3. The molecule has 0 atom stereocenters. The third-order valence-corrected chi connectivity index (χ3v) is 3.19. The molecule has 0 bridgehead atoms. The number of amides is 1. The zero-order valence-corrected chi connectivity index (χ0v) is 17.7. The van der Waals surface area contributed by atoms with Gasteiger partial charge in [-0.2, -0.15) is 0 Å². The minimum absolute atomic E-state index is 0. The topological polar surface area (TPSA) is 29.1 Å². The van der Waals surface area contributed by atoms with Crippen molar-refractivity contribution >= 4 is 19.2 Å². The molecule has 2 aromatic rings. The molecule has 1 N–H and O–H groups in total. The first-order valence-electron chi connectivity index (χ1n) is 9.69. The highest BCUT2D eigenvalue weighted by molar-refractivity contribution is 6.32. The number of carbonyl (C=O) groups is 1. The molecule has 144 valence electrons. The third-order valence-electron chi connectivity index (χ3n) is 3.19. The second kappa shape index (κ2) is 17.8. The molecule has 1 amide bonds. The minimum atomic E-state index is 0. The molecule has 2 nitrogen and oxygen atoms in total. The van der Waals surface area contributed by atoms with E-state index in [0.29, 0.717) is 6.54 Å². The summed E-state index contributed by atoms with van der Waals surface area (Å²) >= 11 is 0. The van der Waals surface area contributed by atoms with Crippen molar-refractivity contribution in [2.24, 2.45) is 5.92 Å². The van der Waals surface area contributed by atoms with Crippen molar-refractivity contribution in [3.05, 3.63) is 65.7 Å². The van der Waals surface area contributed by atoms with E-state index >= 15 is 0 Å². The van der Waals surface area contributed by atoms with Gasteiger partial charge < -0.3 is 5.32 Å². The fourth-order valence-corrected chi connectivity index (χ4v) is 1.80. The Morgan fingerprint density at radius 2 is 1.50 bits per heavy atom. The summed E-state index contributed by atoms with van der Waals surface area (Å²) in [6.45, 7) is 14.5. The maximum Gasteiger partial charge on any atom is 0.222 e. The lowest BCUT2D eigenvalue weighted by atomic mass is 9.94. The highest BCUT2D eigenvalue weighted by atomic mass is 16.1. The Balaban J connectivity index is -0.000000362. The van der Waals surface area contributed by atoms with Crippen molar-refractivity contribution in [3.63, 3.8) is 0 Å². The second-order valence-electron chi connectivity index (χ2n) is 5.46. The van der Waals surface area contributed by atoms with Gasteiger partial charge in [-0.25, -0.2) is 0 Å². The number of benzene rings is 2. The fraction of sp³-hybridized carbons (Fsp3) is 0.435. The van der Waals surface area contributed by atoms with E-state index in [1.54, 1.807) is 0 Å². The van der Waals surface area contributed by atoms with Crippen molar-refractivity contribution < 1.29 is 6.22 Å². The zero-order valence-electron chi connectivity index (χ0n) is 17.7. The molecular formula is C23H38BNO. The Hall–Kier alpha value is -2.03. The van der Waals surface area contributed by atoms with Crippen LogP contribution in [-0.2, 0) is 17.8 Å². The van der Waals surface area contributed by atoms with Gasteiger partial charge in [-0.05, 0) is 17.5 Å². The lowest BCUT2D eigenvalue weighted by Crippen LogP contribution is -2.26. The molecule has 0 unspecified atom stereocenters. The van der Waals surface area contributed by atoms with Crippen LogP contribution in [0.5, 0.6) is 0 Å². The summed E-state index contributed by atoms with van der Waals surface area (Å²) in [5.41, 5.74) is 3.29. The summed E-state index contributed by atoms with van der Waals surface area (Å²) in [6.07, 6.45) is 1.06. The molecule has 0 aliphatic carbocycles. The largest absolute Gasteiger partial charge is 0.352 e. The first-order valence-corrected chi connectivity index (χ1v) is 9.69. The molecule has 0 aliphatic heterocycles. The molecule has 0 spiro atoms. The van der Waals surface area contributed by atoms with Gasteiger partial charge in [0.1, 0.15) is 7.85 Å². The summed E-state index contributed by atoms with van der Waals surface area (Å²) < 4.78 is 0. The number of rotatable bonds is 4. The lowest BCUT2D eigenvalue weighted by Gasteiger charge is -2.06. The molecule has 0 saturated carbocycles. The Morgan fingerprint density at radius 3 is 1.92 bits per heavy atom. The molecule has 0 aliphatic rings. The maximum absolute atomic E-state index is 11.2. The Kier molecular flexibility index (Phi) is 17.9. The molecule has 0 heterocycles. The van der Waals surface area contributed by atoms with Crippen molar-refractivity contribution in [3.8, 4) is 0 Å². The van der Waals surface area contributed by atoms with Gasteiger partial charge in [0.25, 0.3) is 0 Å². The maximum atomic E-state index is 11.2. The monoisotopic (exact) mass is 355 g/mol. The highest BCUT2D eigenvalue weighted by Crippen LogP contribution is 1.98. The van der Waals surface area contributed by atoms with Gasteiger partial charge in [0.15, 0.2) is 0 Å². The van der Waals surface area contributed by atoms with Crippen LogP contribution >= 0.6 is 0 Å². The van der Waals surface area contributed by atoms with Gasteiger partial charge in [-0.15, -0.1) is 0 Å². The summed E-state index contributed by atoms with van der Waals surface area (Å²) in [4.78, 5) is 11.2. The number of aryl methyl sites for hydroxylation is 1. The van der Waals surface area contributed by atoms with Crippen LogP contribution in [0.4, 0.5) is 0 Å². The molecule has 2 radical (unpaired) electrons. The summed E-state index contributed by atoms with van der Waals surface area (Å²) in [5, 5.41) is 2.86. The van der Waals surface area contributed by atoms with Gasteiger partial charge in [-0.1, -0.05) is 109 Å². The van der Waals surface area contributed by atoms with Crippen molar-refractivity contribution in [2.45, 2.75) is 61.4 Å². The number of hydrogen-bond donors (Lipinski definition) is 1. The van der Waals surface area contributed by atoms with Crippen molar-refractivity contribution in [1.82, 2.24) is 5.32 Å². The second-order valence-corrected chi connectivity index (χ2v) is 5.46. The molecule has 0 fully saturated rings. The van der Waals surface area contributed by atoms with E-state index in [9.17, 15) is 4.79 Å². The van der Waals surface area contributed by atoms with E-state index in [2.05, 4.69) is 18.3 Å². The molecular weight excluding hydrogens is 317 g/mol. The van der Waals surface area contributed by atoms with Crippen LogP contribution in [0, 0.1) is 5.92 Å². The van der Waals surface area contributed by atoms with Gasteiger partial charge in [0.2, 0.25) is 5.91 Å². The SMILES string of the molecule is CC.CC.CC(C)C(=O)NCc1ccccc1.[B]c1cccc(CC)c1.[HH]. The van der Waals surface area contributed by atoms with Gasteiger partial charge in [0.05, 0.1) is 0 Å². The molecule has 26 heavy (non-hydrogen) atoms. The summed E-state index contributed by atoms with van der Waals surface area (Å²) in [5.74, 6) is 0.160. The summed E-state index contributed by atoms with van der Waals surface area (Å²) in [6, 6.07) is 17.9. The molecule has 2 aromatic carbocycles. The number of hydrogen-bond acceptors (Lipinski definition) is 1. The number of carbonyl (C=O) groups excluding carboxylic acids is 1. The van der Waals surface area contributed by atoms with Crippen molar-refractivity contribution in [1.29, 1.82) is 0 Å². The Bertz CT molecular complexity index is 574. The first-order chi connectivity index (χ1) is 12.5. The van der Waals surface area contributed by atoms with Gasteiger partial charge >= 0.3 is 0 Å². The van der Waals surface area contributed by atoms with Crippen LogP contribution in [0.3, 0.4) is 0 Å². The molecule has 0 saturated heterocycles. The number of nitrogens with one attached hydrogen (secondary N) is 1. The van der Waals surface area contributed by atoms with Crippen LogP contribution in [0.15, 0.2) is 54.6 Å². The van der Waals surface area contributed by atoms with E-state index in [4.69, 9.17) is 7.85 Å². The van der Waals surface area contributed by atoms with E-state index in [1.807, 2.05) is 90.1 Å². The Morgan fingerprint density at radius 1 is 0.962 bits per heavy atom. The van der Waals surface area contributed by atoms with E-state index < -0.39 is 0 Å². The van der Waals surface area contributed by atoms with E-state index in [-0.39, 0.29) is 13.3 Å². The van der Waals surface area contributed by atoms with Crippen LogP contribution < -0.4 is 10.8 Å². The standard InChI is InChI=1S/C11H15NO.C8H9B.2C2H6.H2/c1-9(2)11(13)12-8-10-6-4-3-5-7-10;1-2-7-4-3-5-8(9)6-7;2*1-2;/h3-7,9H,8H2,1-2H3,(H,12,13);3-6H,2H2,1H3;2*1-2H3;1H. The van der Waals surface area contributed by atoms with Crippen LogP contribution in [0.1, 0.15) is 61.0 Å². The zero-order chi connectivity index (χ0) is 20.4. The van der Waals surface area contributed by atoms with Crippen LogP contribution in [-0.4, -0.2) is 13.8 Å². The minimum Gasteiger partial charge on any atom is -0.352 e. The van der Waals surface area contributed by atoms with E-state index in [0.717, 1.165) is 17.4 Å². The van der Waals surface area contributed by atoms with Crippen molar-refractivity contribution in [2.75, 3.05) is 0 Å².